The zero-order valence-electron chi connectivity index (χ0n) is 9.06. The minimum absolute atomic E-state index is 0.205. The highest BCUT2D eigenvalue weighted by molar-refractivity contribution is 5.69. The van der Waals surface area contributed by atoms with Crippen molar-refractivity contribution in [3.05, 3.63) is 29.6 Å². The average Bonchev–Trinajstić information content (AvgIpc) is 2.25. The van der Waals surface area contributed by atoms with Crippen LogP contribution in [0.3, 0.4) is 0 Å². The number of ether oxygens (including phenoxy) is 1. The van der Waals surface area contributed by atoms with Crippen molar-refractivity contribution in [3.63, 3.8) is 0 Å². The second-order valence-electron chi connectivity index (χ2n) is 3.43. The molecule has 1 aromatic heterocycles. The molecule has 1 unspecified atom stereocenters. The summed E-state index contributed by atoms with van der Waals surface area (Å²) >= 11 is 0. The van der Waals surface area contributed by atoms with Gasteiger partial charge in [-0.25, -0.2) is 0 Å². The van der Waals surface area contributed by atoms with Gasteiger partial charge in [-0.3, -0.25) is 9.78 Å². The molecule has 1 heterocycles. The van der Waals surface area contributed by atoms with E-state index in [1.54, 1.807) is 0 Å². The summed E-state index contributed by atoms with van der Waals surface area (Å²) in [5.74, 6) is -0.238. The molecule has 0 bridgehead atoms. The summed E-state index contributed by atoms with van der Waals surface area (Å²) < 4.78 is 4.55. The highest BCUT2D eigenvalue weighted by Crippen LogP contribution is 2.13. The molecule has 0 fully saturated rings. The highest BCUT2D eigenvalue weighted by Gasteiger charge is 2.10. The average molecular weight is 208 g/mol. The molecule has 0 aliphatic carbocycles. The van der Waals surface area contributed by atoms with Crippen molar-refractivity contribution in [1.29, 1.82) is 0 Å². The molecule has 1 atom stereocenters. The van der Waals surface area contributed by atoms with E-state index in [9.17, 15) is 4.79 Å². The summed E-state index contributed by atoms with van der Waals surface area (Å²) in [7, 11) is 1.37. The van der Waals surface area contributed by atoms with Crippen LogP contribution in [0.5, 0.6) is 0 Å². The van der Waals surface area contributed by atoms with Gasteiger partial charge < -0.3 is 10.5 Å². The lowest BCUT2D eigenvalue weighted by atomic mass is 10.1. The molecular formula is C11H16N2O2. The Morgan fingerprint density at radius 1 is 1.60 bits per heavy atom. The smallest absolute Gasteiger partial charge is 0.305 e. The zero-order valence-corrected chi connectivity index (χ0v) is 9.06. The topological polar surface area (TPSA) is 65.2 Å². The summed E-state index contributed by atoms with van der Waals surface area (Å²) in [6.07, 6.45) is 0.885. The second kappa shape index (κ2) is 5.46. The van der Waals surface area contributed by atoms with Gasteiger partial charge in [-0.1, -0.05) is 6.07 Å². The van der Waals surface area contributed by atoms with Gasteiger partial charge in [0.1, 0.15) is 0 Å². The van der Waals surface area contributed by atoms with E-state index in [-0.39, 0.29) is 12.0 Å². The summed E-state index contributed by atoms with van der Waals surface area (Å²) in [5.41, 5.74) is 7.65. The Bertz CT molecular complexity index is 339. The molecular weight excluding hydrogens is 192 g/mol. The standard InChI is InChI=1S/C11H16N2O2/c1-8-4-3-5-10(13-8)9(12)6-7-11(14)15-2/h3-5,9H,6-7,12H2,1-2H3. The Balaban J connectivity index is 2.53. The lowest BCUT2D eigenvalue weighted by molar-refractivity contribution is -0.140. The fourth-order valence-electron chi connectivity index (χ4n) is 1.29. The lowest BCUT2D eigenvalue weighted by Crippen LogP contribution is -2.14. The van der Waals surface area contributed by atoms with Crippen molar-refractivity contribution in [2.24, 2.45) is 5.73 Å². The van der Waals surface area contributed by atoms with Crippen molar-refractivity contribution < 1.29 is 9.53 Å². The number of hydrogen-bond acceptors (Lipinski definition) is 4. The molecule has 0 amide bonds. The van der Waals surface area contributed by atoms with Crippen LogP contribution in [0.15, 0.2) is 18.2 Å². The summed E-state index contributed by atoms with van der Waals surface area (Å²) in [6, 6.07) is 5.49. The van der Waals surface area contributed by atoms with Gasteiger partial charge in [-0.2, -0.15) is 0 Å². The van der Waals surface area contributed by atoms with E-state index in [1.807, 2.05) is 25.1 Å². The summed E-state index contributed by atoms with van der Waals surface area (Å²) in [6.45, 7) is 1.91. The van der Waals surface area contributed by atoms with E-state index in [2.05, 4.69) is 9.72 Å². The van der Waals surface area contributed by atoms with Crippen LogP contribution in [0, 0.1) is 6.92 Å². The monoisotopic (exact) mass is 208 g/mol. The normalized spacial score (nSPS) is 12.2. The van der Waals surface area contributed by atoms with E-state index in [1.165, 1.54) is 7.11 Å². The number of methoxy groups -OCH3 is 1. The Morgan fingerprint density at radius 2 is 2.33 bits per heavy atom. The molecule has 4 heteroatoms. The SMILES string of the molecule is COC(=O)CCC(N)c1cccc(C)n1. The Morgan fingerprint density at radius 3 is 2.93 bits per heavy atom. The minimum atomic E-state index is -0.238. The maximum atomic E-state index is 10.9. The number of carbonyl (C=O) groups excluding carboxylic acids is 1. The number of nitrogens with zero attached hydrogens (tertiary/aromatic N) is 1. The number of hydrogen-bond donors (Lipinski definition) is 1. The quantitative estimate of drug-likeness (QED) is 0.758. The maximum absolute atomic E-state index is 10.9. The van der Waals surface area contributed by atoms with Gasteiger partial charge in [0, 0.05) is 18.2 Å². The molecule has 0 aliphatic rings. The number of aryl methyl sites for hydroxylation is 1. The number of aromatic nitrogens is 1. The van der Waals surface area contributed by atoms with Crippen LogP contribution in [-0.2, 0) is 9.53 Å². The first kappa shape index (κ1) is 11.7. The predicted octanol–water partition coefficient (Wildman–Crippen LogP) is 1.34. The molecule has 0 aromatic carbocycles. The van der Waals surface area contributed by atoms with Crippen LogP contribution in [0.1, 0.15) is 30.3 Å². The fraction of sp³-hybridized carbons (Fsp3) is 0.455. The van der Waals surface area contributed by atoms with Crippen LogP contribution < -0.4 is 5.73 Å². The number of pyridine rings is 1. The Kier molecular flexibility index (Phi) is 4.24. The molecule has 0 saturated carbocycles. The van der Waals surface area contributed by atoms with Gasteiger partial charge in [0.15, 0.2) is 0 Å². The Labute approximate surface area is 89.5 Å². The Hall–Kier alpha value is -1.42. The molecule has 2 N–H and O–H groups in total. The largest absolute Gasteiger partial charge is 0.469 e. The second-order valence-corrected chi connectivity index (χ2v) is 3.43. The molecule has 4 nitrogen and oxygen atoms in total. The van der Waals surface area contributed by atoms with Gasteiger partial charge in [0.25, 0.3) is 0 Å². The van der Waals surface area contributed by atoms with Gasteiger partial charge in [-0.15, -0.1) is 0 Å². The van der Waals surface area contributed by atoms with Crippen LogP contribution in [0.4, 0.5) is 0 Å². The van der Waals surface area contributed by atoms with Crippen molar-refractivity contribution in [2.45, 2.75) is 25.8 Å². The van der Waals surface area contributed by atoms with Crippen molar-refractivity contribution >= 4 is 5.97 Å². The van der Waals surface area contributed by atoms with Crippen molar-refractivity contribution in [3.8, 4) is 0 Å². The van der Waals surface area contributed by atoms with E-state index in [0.717, 1.165) is 11.4 Å². The maximum Gasteiger partial charge on any atom is 0.305 e. The fourth-order valence-corrected chi connectivity index (χ4v) is 1.29. The van der Waals surface area contributed by atoms with Gasteiger partial charge in [0.2, 0.25) is 0 Å². The van der Waals surface area contributed by atoms with Gasteiger partial charge >= 0.3 is 5.97 Å². The third-order valence-corrected chi connectivity index (χ3v) is 2.18. The third-order valence-electron chi connectivity index (χ3n) is 2.18. The van der Waals surface area contributed by atoms with Crippen LogP contribution >= 0.6 is 0 Å². The zero-order chi connectivity index (χ0) is 11.3. The number of carbonyl (C=O) groups is 1. The van der Waals surface area contributed by atoms with E-state index in [4.69, 9.17) is 5.73 Å². The molecule has 0 saturated heterocycles. The van der Waals surface area contributed by atoms with Crippen LogP contribution in [-0.4, -0.2) is 18.1 Å². The summed E-state index contributed by atoms with van der Waals surface area (Å²) in [4.78, 5) is 15.2. The molecule has 0 spiro atoms. The molecule has 1 rings (SSSR count). The first-order chi connectivity index (χ1) is 7.13. The van der Waals surface area contributed by atoms with Gasteiger partial charge in [0.05, 0.1) is 12.8 Å². The van der Waals surface area contributed by atoms with Crippen LogP contribution in [0.2, 0.25) is 0 Å². The molecule has 0 aliphatic heterocycles. The number of nitrogens with two attached hydrogens (primary N) is 1. The van der Waals surface area contributed by atoms with E-state index < -0.39 is 0 Å². The predicted molar refractivity (Wildman–Crippen MR) is 57.2 cm³/mol. The molecule has 15 heavy (non-hydrogen) atoms. The lowest BCUT2D eigenvalue weighted by Gasteiger charge is -2.10. The number of esters is 1. The van der Waals surface area contributed by atoms with Crippen LogP contribution in [0.25, 0.3) is 0 Å². The first-order valence-corrected chi connectivity index (χ1v) is 4.89. The van der Waals surface area contributed by atoms with Crippen molar-refractivity contribution in [2.75, 3.05) is 7.11 Å². The van der Waals surface area contributed by atoms with Gasteiger partial charge in [-0.05, 0) is 25.5 Å². The van der Waals surface area contributed by atoms with E-state index >= 15 is 0 Å². The molecule has 1 aromatic rings. The number of rotatable bonds is 4. The molecule has 82 valence electrons. The third kappa shape index (κ3) is 3.67. The summed E-state index contributed by atoms with van der Waals surface area (Å²) in [5, 5.41) is 0. The van der Waals surface area contributed by atoms with E-state index in [0.29, 0.717) is 12.8 Å². The highest BCUT2D eigenvalue weighted by atomic mass is 16.5. The molecule has 0 radical (unpaired) electrons. The minimum Gasteiger partial charge on any atom is -0.469 e. The first-order valence-electron chi connectivity index (χ1n) is 4.89. The van der Waals surface area contributed by atoms with Crippen molar-refractivity contribution in [1.82, 2.24) is 4.98 Å².